The summed E-state index contributed by atoms with van der Waals surface area (Å²) in [6.45, 7) is 2.41. The van der Waals surface area contributed by atoms with Crippen molar-refractivity contribution in [3.05, 3.63) is 84.5 Å². The van der Waals surface area contributed by atoms with Crippen LogP contribution >= 0.6 is 0 Å². The predicted molar refractivity (Wildman–Crippen MR) is 90.7 cm³/mol. The molecule has 2 aromatic carbocycles. The molecule has 1 aliphatic heterocycles. The third-order valence-electron chi connectivity index (χ3n) is 4.56. The topological polar surface area (TPSA) is 0 Å². The number of benzene rings is 2. The molecule has 0 N–H and O–H groups in total. The number of allylic oxidation sites excluding steroid dienone is 3. The van der Waals surface area contributed by atoms with Gasteiger partial charge in [-0.05, 0) is 30.7 Å². The molecule has 0 bridgehead atoms. The standard InChI is InChI=1S/C20H19S/c1-20-14-8-7-13-19(20)21(17-10-3-2-4-11-17)18-12-6-5-9-16(18)15-20/h2-14,19H,15H2,1H3/q+1. The van der Waals surface area contributed by atoms with Gasteiger partial charge in [-0.25, -0.2) is 0 Å². The van der Waals surface area contributed by atoms with Crippen molar-refractivity contribution in [2.45, 2.75) is 28.4 Å². The number of rotatable bonds is 1. The Labute approximate surface area is 129 Å². The van der Waals surface area contributed by atoms with Crippen LogP contribution in [0.1, 0.15) is 12.5 Å². The summed E-state index contributed by atoms with van der Waals surface area (Å²) in [6, 6.07) is 20.0. The molecular weight excluding hydrogens is 272 g/mol. The molecule has 104 valence electrons. The normalized spacial score (nSPS) is 29.8. The van der Waals surface area contributed by atoms with Crippen molar-refractivity contribution < 1.29 is 0 Å². The van der Waals surface area contributed by atoms with Gasteiger partial charge in [-0.1, -0.05) is 61.5 Å². The van der Waals surface area contributed by atoms with Gasteiger partial charge < -0.3 is 0 Å². The van der Waals surface area contributed by atoms with Crippen LogP contribution in [0.4, 0.5) is 0 Å². The molecule has 0 radical (unpaired) electrons. The van der Waals surface area contributed by atoms with E-state index in [1.165, 1.54) is 15.4 Å². The van der Waals surface area contributed by atoms with Crippen molar-refractivity contribution in [2.75, 3.05) is 0 Å². The highest BCUT2D eigenvalue weighted by molar-refractivity contribution is 7.97. The van der Waals surface area contributed by atoms with Gasteiger partial charge in [0.2, 0.25) is 0 Å². The lowest BCUT2D eigenvalue weighted by Gasteiger charge is -2.38. The maximum Gasteiger partial charge on any atom is 0.164 e. The Bertz CT molecular complexity index is 714. The van der Waals surface area contributed by atoms with Gasteiger partial charge in [-0.3, -0.25) is 0 Å². The number of hydrogen-bond acceptors (Lipinski definition) is 0. The summed E-state index contributed by atoms with van der Waals surface area (Å²) in [5, 5.41) is 0.569. The van der Waals surface area contributed by atoms with E-state index in [2.05, 4.69) is 85.8 Å². The van der Waals surface area contributed by atoms with E-state index in [4.69, 9.17) is 0 Å². The largest absolute Gasteiger partial charge is 0.164 e. The fourth-order valence-electron chi connectivity index (χ4n) is 3.51. The monoisotopic (exact) mass is 291 g/mol. The zero-order valence-corrected chi connectivity index (χ0v) is 13.0. The van der Waals surface area contributed by atoms with Gasteiger partial charge in [0.15, 0.2) is 15.0 Å². The molecule has 4 rings (SSSR count). The first kappa shape index (κ1) is 13.0. The van der Waals surface area contributed by atoms with E-state index >= 15 is 0 Å². The Morgan fingerprint density at radius 1 is 0.952 bits per heavy atom. The second-order valence-corrected chi connectivity index (χ2v) is 8.20. The minimum atomic E-state index is 0.123. The summed E-state index contributed by atoms with van der Waals surface area (Å²) in [5.74, 6) is 0. The molecule has 0 fully saturated rings. The third-order valence-corrected chi connectivity index (χ3v) is 7.41. The van der Waals surface area contributed by atoms with Gasteiger partial charge in [0.05, 0.1) is 10.9 Å². The van der Waals surface area contributed by atoms with Crippen LogP contribution in [0.25, 0.3) is 0 Å². The number of hydrogen-bond donors (Lipinski definition) is 0. The first-order valence-electron chi connectivity index (χ1n) is 7.50. The van der Waals surface area contributed by atoms with Crippen LogP contribution < -0.4 is 0 Å². The fourth-order valence-corrected chi connectivity index (χ4v) is 6.38. The second kappa shape index (κ2) is 4.92. The van der Waals surface area contributed by atoms with Crippen molar-refractivity contribution in [1.29, 1.82) is 0 Å². The van der Waals surface area contributed by atoms with Crippen LogP contribution in [0.3, 0.4) is 0 Å². The van der Waals surface area contributed by atoms with Crippen molar-refractivity contribution >= 4 is 10.9 Å². The second-order valence-electron chi connectivity index (χ2n) is 6.11. The van der Waals surface area contributed by atoms with E-state index in [0.29, 0.717) is 5.25 Å². The molecule has 3 atom stereocenters. The minimum absolute atomic E-state index is 0.123. The summed E-state index contributed by atoms with van der Waals surface area (Å²) in [7, 11) is 0.123. The van der Waals surface area contributed by atoms with Crippen molar-refractivity contribution in [1.82, 2.24) is 0 Å². The average Bonchev–Trinajstić information content (AvgIpc) is 2.52. The zero-order chi connectivity index (χ0) is 14.3. The van der Waals surface area contributed by atoms with Gasteiger partial charge in [-0.2, -0.15) is 0 Å². The summed E-state index contributed by atoms with van der Waals surface area (Å²) in [5.41, 5.74) is 1.76. The van der Waals surface area contributed by atoms with E-state index in [1.54, 1.807) is 0 Å². The Kier molecular flexibility index (Phi) is 3.04. The molecule has 3 unspecified atom stereocenters. The van der Waals surface area contributed by atoms with Gasteiger partial charge in [0.1, 0.15) is 0 Å². The van der Waals surface area contributed by atoms with Gasteiger partial charge in [0.25, 0.3) is 0 Å². The van der Waals surface area contributed by atoms with E-state index in [1.807, 2.05) is 0 Å². The molecule has 2 aromatic rings. The fraction of sp³-hybridized carbons (Fsp3) is 0.200. The SMILES string of the molecule is CC12C=CC=CC1[S+](c1ccccc1)c1ccccc1C2. The van der Waals surface area contributed by atoms with Crippen LogP contribution in [-0.4, -0.2) is 5.25 Å². The van der Waals surface area contributed by atoms with Gasteiger partial charge in [0, 0.05) is 11.0 Å². The van der Waals surface area contributed by atoms with Gasteiger partial charge in [-0.15, -0.1) is 0 Å². The summed E-state index contributed by atoms with van der Waals surface area (Å²) in [6.07, 6.45) is 10.4. The lowest BCUT2D eigenvalue weighted by molar-refractivity contribution is 0.423. The molecule has 0 spiro atoms. The van der Waals surface area contributed by atoms with Crippen molar-refractivity contribution in [3.8, 4) is 0 Å². The molecule has 0 amide bonds. The minimum Gasteiger partial charge on any atom is -0.0730 e. The van der Waals surface area contributed by atoms with Crippen LogP contribution in [0.15, 0.2) is 88.7 Å². The van der Waals surface area contributed by atoms with Gasteiger partial charge >= 0.3 is 0 Å². The maximum absolute atomic E-state index is 2.42. The van der Waals surface area contributed by atoms with Crippen molar-refractivity contribution in [2.24, 2.45) is 5.41 Å². The quantitative estimate of drug-likeness (QED) is 0.663. The summed E-state index contributed by atoms with van der Waals surface area (Å²) >= 11 is 0. The summed E-state index contributed by atoms with van der Waals surface area (Å²) < 4.78 is 0. The predicted octanol–water partition coefficient (Wildman–Crippen LogP) is 4.78. The van der Waals surface area contributed by atoms with Crippen LogP contribution in [-0.2, 0) is 17.3 Å². The highest BCUT2D eigenvalue weighted by Crippen LogP contribution is 2.48. The van der Waals surface area contributed by atoms with Crippen molar-refractivity contribution in [3.63, 3.8) is 0 Å². The zero-order valence-electron chi connectivity index (χ0n) is 12.2. The first-order chi connectivity index (χ1) is 10.3. The van der Waals surface area contributed by atoms with Crippen LogP contribution in [0, 0.1) is 5.41 Å². The molecule has 21 heavy (non-hydrogen) atoms. The average molecular weight is 291 g/mol. The van der Waals surface area contributed by atoms with E-state index in [9.17, 15) is 0 Å². The first-order valence-corrected chi connectivity index (χ1v) is 8.79. The lowest BCUT2D eigenvalue weighted by Crippen LogP contribution is -2.43. The van der Waals surface area contributed by atoms with Crippen LogP contribution in [0.2, 0.25) is 0 Å². The Morgan fingerprint density at radius 3 is 2.57 bits per heavy atom. The Balaban J connectivity index is 1.93. The summed E-state index contributed by atoms with van der Waals surface area (Å²) in [4.78, 5) is 2.99. The third kappa shape index (κ3) is 2.08. The molecule has 0 saturated heterocycles. The lowest BCUT2D eigenvalue weighted by atomic mass is 9.77. The van der Waals surface area contributed by atoms with E-state index in [-0.39, 0.29) is 16.3 Å². The Hall–Kier alpha value is -1.73. The molecule has 1 aliphatic carbocycles. The van der Waals surface area contributed by atoms with E-state index < -0.39 is 0 Å². The molecule has 0 aromatic heterocycles. The number of fused-ring (bicyclic) bond motifs is 2. The molecule has 2 aliphatic rings. The van der Waals surface area contributed by atoms with Crippen LogP contribution in [0.5, 0.6) is 0 Å². The smallest absolute Gasteiger partial charge is 0.0730 e. The Morgan fingerprint density at radius 2 is 1.71 bits per heavy atom. The highest BCUT2D eigenvalue weighted by Gasteiger charge is 2.51. The molecular formula is C20H19S+. The molecule has 1 heteroatoms. The van der Waals surface area contributed by atoms with E-state index in [0.717, 1.165) is 6.42 Å². The highest BCUT2D eigenvalue weighted by atomic mass is 32.2. The molecule has 0 saturated carbocycles. The molecule has 0 nitrogen and oxygen atoms in total. The maximum atomic E-state index is 2.42. The molecule has 1 heterocycles.